The van der Waals surface area contributed by atoms with Gasteiger partial charge in [-0.15, -0.1) is 0 Å². The molecule has 0 saturated carbocycles. The molecule has 4 aromatic heterocycles. The number of rotatable bonds is 5. The summed E-state index contributed by atoms with van der Waals surface area (Å²) in [6.45, 7) is 0. The Kier molecular flexibility index (Phi) is 7.39. The summed E-state index contributed by atoms with van der Waals surface area (Å²) in [6, 6.07) is 76.9. The third-order valence-electron chi connectivity index (χ3n) is 12.7. The molecule has 5 heteroatoms. The molecule has 0 unspecified atom stereocenters. The summed E-state index contributed by atoms with van der Waals surface area (Å²) in [5.41, 5.74) is 14.7. The van der Waals surface area contributed by atoms with Crippen LogP contribution in [0.15, 0.2) is 223 Å². The fraction of sp³-hybridized carbons (Fsp3) is 0. The van der Waals surface area contributed by atoms with Crippen molar-refractivity contribution in [2.45, 2.75) is 0 Å². The highest BCUT2D eigenvalue weighted by atomic mass is 16.1. The van der Waals surface area contributed by atoms with Crippen molar-refractivity contribution >= 4 is 71.1 Å². The highest BCUT2D eigenvalue weighted by Gasteiger charge is 2.23. The largest absolute Gasteiger partial charge is 0.309 e. The summed E-state index contributed by atoms with van der Waals surface area (Å²) in [4.78, 5) is 15.0. The average Bonchev–Trinajstić information content (AvgIpc) is 3.98. The van der Waals surface area contributed by atoms with Crippen LogP contribution < -0.4 is 5.56 Å². The standard InChI is InChI=1S/C57H36N4O/c62-57-46-25-10-14-29-52(46)61-51-28-13-9-24-45(51)55(37-16-3-1-4-17-37)56(61)60(57)42-21-15-20-41(36-42)59-50-27-12-8-23-44(50)48-35-39(31-33-54(48)59)38-30-32-53-47(34-38)43-22-7-11-26-49(43)58(53)40-18-5-2-6-19-40/h1-36H. The van der Waals surface area contributed by atoms with Crippen LogP contribution in [0, 0.1) is 0 Å². The van der Waals surface area contributed by atoms with Crippen LogP contribution in [0.1, 0.15) is 0 Å². The van der Waals surface area contributed by atoms with Crippen molar-refractivity contribution in [1.29, 1.82) is 0 Å². The second-order valence-corrected chi connectivity index (χ2v) is 16.1. The van der Waals surface area contributed by atoms with Gasteiger partial charge in [-0.1, -0.05) is 133 Å². The second kappa shape index (κ2) is 13.3. The number of para-hydroxylation sites is 5. The van der Waals surface area contributed by atoms with Crippen molar-refractivity contribution in [3.63, 3.8) is 0 Å². The van der Waals surface area contributed by atoms with Gasteiger partial charge in [0.15, 0.2) is 0 Å². The van der Waals surface area contributed by atoms with Gasteiger partial charge in [0.2, 0.25) is 0 Å². The second-order valence-electron chi connectivity index (χ2n) is 16.1. The van der Waals surface area contributed by atoms with Gasteiger partial charge in [-0.25, -0.2) is 0 Å². The zero-order valence-electron chi connectivity index (χ0n) is 33.5. The van der Waals surface area contributed by atoms with E-state index in [-0.39, 0.29) is 5.56 Å². The molecule has 290 valence electrons. The maximum atomic E-state index is 15.0. The summed E-state index contributed by atoms with van der Waals surface area (Å²) in [5.74, 6) is 0. The average molecular weight is 793 g/mol. The van der Waals surface area contributed by atoms with E-state index >= 15 is 0 Å². The van der Waals surface area contributed by atoms with Crippen molar-refractivity contribution in [1.82, 2.24) is 18.1 Å². The van der Waals surface area contributed by atoms with Crippen LogP contribution in [0.5, 0.6) is 0 Å². The topological polar surface area (TPSA) is 36.3 Å². The number of hydrogen-bond acceptors (Lipinski definition) is 1. The molecule has 4 heterocycles. The normalized spacial score (nSPS) is 11.9. The van der Waals surface area contributed by atoms with Gasteiger partial charge in [-0.05, 0) is 102 Å². The molecule has 0 amide bonds. The maximum Gasteiger partial charge on any atom is 0.266 e. The van der Waals surface area contributed by atoms with E-state index in [4.69, 9.17) is 0 Å². The lowest BCUT2D eigenvalue weighted by Gasteiger charge is -2.16. The molecule has 5 nitrogen and oxygen atoms in total. The summed E-state index contributed by atoms with van der Waals surface area (Å²) in [6.07, 6.45) is 0. The van der Waals surface area contributed by atoms with Crippen molar-refractivity contribution in [3.05, 3.63) is 229 Å². The van der Waals surface area contributed by atoms with Crippen LogP contribution >= 0.6 is 0 Å². The minimum Gasteiger partial charge on any atom is -0.309 e. The quantitative estimate of drug-likeness (QED) is 0.171. The first-order chi connectivity index (χ1) is 30.7. The van der Waals surface area contributed by atoms with E-state index < -0.39 is 0 Å². The first-order valence-corrected chi connectivity index (χ1v) is 21.1. The molecule has 0 radical (unpaired) electrons. The predicted molar refractivity (Wildman–Crippen MR) is 258 cm³/mol. The molecule has 0 fully saturated rings. The van der Waals surface area contributed by atoms with Crippen LogP contribution in [-0.4, -0.2) is 18.1 Å². The zero-order chi connectivity index (χ0) is 40.9. The highest BCUT2D eigenvalue weighted by molar-refractivity contribution is 6.13. The van der Waals surface area contributed by atoms with Crippen molar-refractivity contribution in [2.24, 2.45) is 0 Å². The van der Waals surface area contributed by atoms with E-state index in [1.54, 1.807) is 0 Å². The molecule has 0 N–H and O–H groups in total. The Balaban J connectivity index is 1.02. The Morgan fingerprint density at radius 2 is 0.710 bits per heavy atom. The van der Waals surface area contributed by atoms with Crippen LogP contribution in [0.25, 0.3) is 110 Å². The lowest BCUT2D eigenvalue weighted by molar-refractivity contribution is 1.00. The SMILES string of the molecule is O=c1c2ccccc2n2c3ccccc3c(-c3ccccc3)c2n1-c1cccc(-n2c3ccccc3c3cc(-c4ccc5c(c4)c4ccccc4n5-c4ccccc4)ccc32)c1. The summed E-state index contributed by atoms with van der Waals surface area (Å²) in [5, 5.41) is 6.57. The maximum absolute atomic E-state index is 15.0. The van der Waals surface area contributed by atoms with Crippen LogP contribution in [0.4, 0.5) is 0 Å². The number of nitrogens with zero attached hydrogens (tertiary/aromatic N) is 4. The fourth-order valence-electron chi connectivity index (χ4n) is 10.1. The summed E-state index contributed by atoms with van der Waals surface area (Å²) < 4.78 is 8.88. The minimum atomic E-state index is -0.0547. The third-order valence-corrected chi connectivity index (χ3v) is 12.7. The molecule has 0 aliphatic rings. The van der Waals surface area contributed by atoms with Gasteiger partial charge in [0.1, 0.15) is 5.65 Å². The van der Waals surface area contributed by atoms with Gasteiger partial charge in [-0.2, -0.15) is 0 Å². The molecular weight excluding hydrogens is 757 g/mol. The molecule has 0 atom stereocenters. The van der Waals surface area contributed by atoms with Crippen molar-refractivity contribution in [3.8, 4) is 39.3 Å². The minimum absolute atomic E-state index is 0.0547. The number of hydrogen-bond donors (Lipinski definition) is 0. The molecule has 0 bridgehead atoms. The Hall–Kier alpha value is -8.41. The fourth-order valence-corrected chi connectivity index (χ4v) is 10.1. The summed E-state index contributed by atoms with van der Waals surface area (Å²) >= 11 is 0. The molecule has 62 heavy (non-hydrogen) atoms. The van der Waals surface area contributed by atoms with E-state index in [0.717, 1.165) is 66.9 Å². The van der Waals surface area contributed by atoms with Crippen LogP contribution in [-0.2, 0) is 0 Å². The van der Waals surface area contributed by atoms with E-state index in [1.807, 2.05) is 28.8 Å². The lowest BCUT2D eigenvalue weighted by Crippen LogP contribution is -2.21. The van der Waals surface area contributed by atoms with Crippen LogP contribution in [0.3, 0.4) is 0 Å². The molecule has 9 aromatic carbocycles. The molecular formula is C57H36N4O. The Bertz CT molecular complexity index is 4000. The lowest BCUT2D eigenvalue weighted by atomic mass is 10.0. The number of benzene rings is 9. The molecule has 0 spiro atoms. The predicted octanol–water partition coefficient (Wildman–Crippen LogP) is 13.9. The van der Waals surface area contributed by atoms with Gasteiger partial charge in [0.05, 0.1) is 44.2 Å². The van der Waals surface area contributed by atoms with Gasteiger partial charge in [0, 0.05) is 43.9 Å². The zero-order valence-corrected chi connectivity index (χ0v) is 33.5. The van der Waals surface area contributed by atoms with Gasteiger partial charge in [0.25, 0.3) is 5.56 Å². The van der Waals surface area contributed by atoms with Gasteiger partial charge >= 0.3 is 0 Å². The Morgan fingerprint density at radius 3 is 1.32 bits per heavy atom. The smallest absolute Gasteiger partial charge is 0.266 e. The van der Waals surface area contributed by atoms with Crippen molar-refractivity contribution in [2.75, 3.05) is 0 Å². The highest BCUT2D eigenvalue weighted by Crippen LogP contribution is 2.40. The monoisotopic (exact) mass is 792 g/mol. The van der Waals surface area contributed by atoms with Gasteiger partial charge < -0.3 is 9.13 Å². The van der Waals surface area contributed by atoms with Crippen molar-refractivity contribution < 1.29 is 0 Å². The summed E-state index contributed by atoms with van der Waals surface area (Å²) in [7, 11) is 0. The van der Waals surface area contributed by atoms with E-state index in [2.05, 4.69) is 208 Å². The molecule has 0 aliphatic carbocycles. The molecule has 0 aliphatic heterocycles. The Labute approximate surface area is 355 Å². The van der Waals surface area contributed by atoms with E-state index in [9.17, 15) is 4.79 Å². The number of aromatic nitrogens is 4. The number of fused-ring (bicyclic) bond motifs is 11. The first kappa shape index (κ1) is 34.5. The third kappa shape index (κ3) is 4.93. The Morgan fingerprint density at radius 1 is 0.274 bits per heavy atom. The van der Waals surface area contributed by atoms with Gasteiger partial charge in [-0.3, -0.25) is 13.8 Å². The van der Waals surface area contributed by atoms with E-state index in [0.29, 0.717) is 5.39 Å². The van der Waals surface area contributed by atoms with E-state index in [1.165, 1.54) is 38.1 Å². The molecule has 0 saturated heterocycles. The molecule has 13 aromatic rings. The van der Waals surface area contributed by atoms with Crippen LogP contribution in [0.2, 0.25) is 0 Å². The molecule has 13 rings (SSSR count). The first-order valence-electron chi connectivity index (χ1n) is 21.1.